The Morgan fingerprint density at radius 2 is 2.18 bits per heavy atom. The van der Waals surface area contributed by atoms with Crippen molar-refractivity contribution in [3.8, 4) is 0 Å². The molecule has 0 aliphatic rings. The van der Waals surface area contributed by atoms with Crippen LogP contribution < -0.4 is 10.8 Å². The Morgan fingerprint density at radius 1 is 1.47 bits per heavy atom. The molecule has 17 heavy (non-hydrogen) atoms. The van der Waals surface area contributed by atoms with Crippen molar-refractivity contribution in [2.24, 2.45) is 0 Å². The summed E-state index contributed by atoms with van der Waals surface area (Å²) in [4.78, 5) is 16.7. The predicted molar refractivity (Wildman–Crippen MR) is 67.0 cm³/mol. The van der Waals surface area contributed by atoms with Gasteiger partial charge in [0.25, 0.3) is 0 Å². The summed E-state index contributed by atoms with van der Waals surface area (Å²) in [7, 11) is 0. The highest BCUT2D eigenvalue weighted by atomic mass is 16.6. The molecule has 0 aromatic heterocycles. The van der Waals surface area contributed by atoms with E-state index in [0.717, 1.165) is 5.56 Å². The first-order valence-electron chi connectivity index (χ1n) is 5.54. The lowest BCUT2D eigenvalue weighted by molar-refractivity contribution is -0.127. The van der Waals surface area contributed by atoms with E-state index >= 15 is 0 Å². The van der Waals surface area contributed by atoms with Crippen LogP contribution in [0, 0.1) is 0 Å². The second kappa shape index (κ2) is 7.60. The van der Waals surface area contributed by atoms with Gasteiger partial charge >= 0.3 is 0 Å². The molecule has 0 saturated heterocycles. The third-order valence-corrected chi connectivity index (χ3v) is 2.16. The van der Waals surface area contributed by atoms with Gasteiger partial charge < -0.3 is 5.32 Å². The fourth-order valence-corrected chi connectivity index (χ4v) is 1.20. The second-order valence-electron chi connectivity index (χ2n) is 3.65. The molecule has 0 heterocycles. The molecular weight excluding hydrogens is 216 g/mol. The summed E-state index contributed by atoms with van der Waals surface area (Å²) >= 11 is 0. The maximum atomic E-state index is 11.4. The molecule has 2 N–H and O–H groups in total. The second-order valence-corrected chi connectivity index (χ2v) is 3.65. The summed E-state index contributed by atoms with van der Waals surface area (Å²) < 4.78 is 0. The molecule has 1 aromatic carbocycles. The van der Waals surface area contributed by atoms with Crippen LogP contribution in [0.3, 0.4) is 0 Å². The summed E-state index contributed by atoms with van der Waals surface area (Å²) in [5, 5.41) is 2.68. The van der Waals surface area contributed by atoms with Crippen molar-refractivity contribution >= 4 is 5.91 Å². The van der Waals surface area contributed by atoms with E-state index in [1.165, 1.54) is 0 Å². The summed E-state index contributed by atoms with van der Waals surface area (Å²) in [6, 6.07) is 9.37. The van der Waals surface area contributed by atoms with Gasteiger partial charge in [0, 0.05) is 6.54 Å². The van der Waals surface area contributed by atoms with Crippen LogP contribution in [0.2, 0.25) is 0 Å². The zero-order valence-electron chi connectivity index (χ0n) is 9.98. The quantitative estimate of drug-likeness (QED) is 0.554. The highest BCUT2D eigenvalue weighted by molar-refractivity contribution is 5.81. The number of benzene rings is 1. The van der Waals surface area contributed by atoms with Gasteiger partial charge in [0.05, 0.1) is 6.61 Å². The molecule has 0 radical (unpaired) electrons. The predicted octanol–water partition coefficient (Wildman–Crippen LogP) is 1.40. The van der Waals surface area contributed by atoms with Crippen molar-refractivity contribution in [1.82, 2.24) is 10.8 Å². The smallest absolute Gasteiger partial charge is 0.239 e. The molecule has 1 aromatic rings. The lowest BCUT2D eigenvalue weighted by Crippen LogP contribution is -2.42. The van der Waals surface area contributed by atoms with Gasteiger partial charge in [-0.2, -0.15) is 5.48 Å². The SMILES string of the molecule is C=CCNC(=O)C(C)NOCc1ccccc1. The molecule has 0 spiro atoms. The highest BCUT2D eigenvalue weighted by Crippen LogP contribution is 1.99. The van der Waals surface area contributed by atoms with Gasteiger partial charge in [-0.3, -0.25) is 9.63 Å². The van der Waals surface area contributed by atoms with Crippen molar-refractivity contribution in [3.05, 3.63) is 48.6 Å². The van der Waals surface area contributed by atoms with Gasteiger partial charge in [0.2, 0.25) is 5.91 Å². The zero-order valence-corrected chi connectivity index (χ0v) is 9.98. The van der Waals surface area contributed by atoms with Gasteiger partial charge in [0.15, 0.2) is 0 Å². The monoisotopic (exact) mass is 234 g/mol. The van der Waals surface area contributed by atoms with Crippen LogP contribution in [0.4, 0.5) is 0 Å². The molecule has 1 rings (SSSR count). The molecule has 1 atom stereocenters. The lowest BCUT2D eigenvalue weighted by atomic mass is 10.2. The van der Waals surface area contributed by atoms with Crippen LogP contribution in [-0.4, -0.2) is 18.5 Å². The zero-order chi connectivity index (χ0) is 12.5. The number of nitrogens with one attached hydrogen (secondary N) is 2. The number of carbonyl (C=O) groups excluding carboxylic acids is 1. The molecule has 0 aliphatic carbocycles. The van der Waals surface area contributed by atoms with Gasteiger partial charge in [-0.15, -0.1) is 6.58 Å². The van der Waals surface area contributed by atoms with Crippen molar-refractivity contribution in [2.75, 3.05) is 6.54 Å². The number of hydrogen-bond acceptors (Lipinski definition) is 3. The fraction of sp³-hybridized carbons (Fsp3) is 0.308. The Bertz CT molecular complexity index is 352. The summed E-state index contributed by atoms with van der Waals surface area (Å²) in [6.45, 7) is 6.16. The minimum absolute atomic E-state index is 0.113. The molecular formula is C13H18N2O2. The van der Waals surface area contributed by atoms with E-state index < -0.39 is 6.04 Å². The van der Waals surface area contributed by atoms with Crippen LogP contribution in [0.1, 0.15) is 12.5 Å². The van der Waals surface area contributed by atoms with E-state index in [2.05, 4.69) is 17.4 Å². The van der Waals surface area contributed by atoms with Crippen LogP contribution in [0.15, 0.2) is 43.0 Å². The highest BCUT2D eigenvalue weighted by Gasteiger charge is 2.10. The number of amides is 1. The van der Waals surface area contributed by atoms with Gasteiger partial charge in [-0.05, 0) is 12.5 Å². The van der Waals surface area contributed by atoms with E-state index in [1.807, 2.05) is 30.3 Å². The Kier molecular flexibility index (Phi) is 5.99. The average Bonchev–Trinajstić information content (AvgIpc) is 2.37. The maximum absolute atomic E-state index is 11.4. The summed E-state index contributed by atoms with van der Waals surface area (Å²) in [5.74, 6) is -0.113. The van der Waals surface area contributed by atoms with Crippen LogP contribution in [0.25, 0.3) is 0 Å². The Hall–Kier alpha value is -1.65. The third-order valence-electron chi connectivity index (χ3n) is 2.16. The molecule has 4 nitrogen and oxygen atoms in total. The number of hydroxylamine groups is 1. The minimum atomic E-state index is -0.390. The van der Waals surface area contributed by atoms with E-state index in [4.69, 9.17) is 4.84 Å². The Morgan fingerprint density at radius 3 is 2.82 bits per heavy atom. The molecule has 4 heteroatoms. The maximum Gasteiger partial charge on any atom is 0.239 e. The Balaban J connectivity index is 2.22. The molecule has 92 valence electrons. The fourth-order valence-electron chi connectivity index (χ4n) is 1.20. The molecule has 0 saturated carbocycles. The van der Waals surface area contributed by atoms with Gasteiger partial charge in [0.1, 0.15) is 6.04 Å². The van der Waals surface area contributed by atoms with Gasteiger partial charge in [-0.25, -0.2) is 0 Å². The minimum Gasteiger partial charge on any atom is -0.351 e. The molecule has 1 unspecified atom stereocenters. The van der Waals surface area contributed by atoms with Crippen LogP contribution in [-0.2, 0) is 16.2 Å². The van der Waals surface area contributed by atoms with Crippen LogP contribution >= 0.6 is 0 Å². The van der Waals surface area contributed by atoms with Crippen LogP contribution in [0.5, 0.6) is 0 Å². The lowest BCUT2D eigenvalue weighted by Gasteiger charge is -2.13. The largest absolute Gasteiger partial charge is 0.351 e. The summed E-state index contributed by atoms with van der Waals surface area (Å²) in [6.07, 6.45) is 1.63. The standard InChI is InChI=1S/C13H18N2O2/c1-3-9-14-13(16)11(2)15-17-10-12-7-5-4-6-8-12/h3-8,11,15H,1,9-10H2,2H3,(H,14,16). The van der Waals surface area contributed by atoms with Crippen molar-refractivity contribution < 1.29 is 9.63 Å². The summed E-state index contributed by atoms with van der Waals surface area (Å²) in [5.41, 5.74) is 3.75. The first-order chi connectivity index (χ1) is 8.24. The van der Waals surface area contributed by atoms with Crippen molar-refractivity contribution in [2.45, 2.75) is 19.6 Å². The number of hydrogen-bond donors (Lipinski definition) is 2. The number of carbonyl (C=O) groups is 1. The first-order valence-corrected chi connectivity index (χ1v) is 5.54. The number of rotatable bonds is 7. The molecule has 0 fully saturated rings. The van der Waals surface area contributed by atoms with Crippen molar-refractivity contribution in [1.29, 1.82) is 0 Å². The molecule has 1 amide bonds. The average molecular weight is 234 g/mol. The Labute approximate surface area is 102 Å². The van der Waals surface area contributed by atoms with Gasteiger partial charge in [-0.1, -0.05) is 36.4 Å². The molecule has 0 bridgehead atoms. The first kappa shape index (κ1) is 13.4. The third kappa shape index (κ3) is 5.29. The normalized spacial score (nSPS) is 11.8. The van der Waals surface area contributed by atoms with E-state index in [0.29, 0.717) is 13.2 Å². The van der Waals surface area contributed by atoms with Crippen molar-refractivity contribution in [3.63, 3.8) is 0 Å². The topological polar surface area (TPSA) is 50.4 Å². The van der Waals surface area contributed by atoms with E-state index in [1.54, 1.807) is 13.0 Å². The van der Waals surface area contributed by atoms with E-state index in [9.17, 15) is 4.79 Å². The van der Waals surface area contributed by atoms with E-state index in [-0.39, 0.29) is 5.91 Å². The molecule has 0 aliphatic heterocycles.